The molecule has 0 aromatic heterocycles. The maximum atomic E-state index is 11.7. The van der Waals surface area contributed by atoms with Gasteiger partial charge in [-0.1, -0.05) is 31.5 Å². The number of carbonyl (C=O) groups excluding carboxylic acids is 1. The van der Waals surface area contributed by atoms with Crippen molar-refractivity contribution in [1.29, 1.82) is 0 Å². The SMILES string of the molecule is CC1(C)CC(=O)N=C2CCc3cc(Cl)ccc3C21. The first-order chi connectivity index (χ1) is 8.47. The fourth-order valence-electron chi connectivity index (χ4n) is 3.34. The van der Waals surface area contributed by atoms with E-state index in [9.17, 15) is 4.79 Å². The van der Waals surface area contributed by atoms with Crippen LogP contribution in [0.15, 0.2) is 23.2 Å². The highest BCUT2D eigenvalue weighted by molar-refractivity contribution is 6.30. The number of nitrogens with zero attached hydrogens (tertiary/aromatic N) is 1. The topological polar surface area (TPSA) is 29.4 Å². The number of carbonyl (C=O) groups is 1. The highest BCUT2D eigenvalue weighted by Crippen LogP contribution is 2.47. The quantitative estimate of drug-likeness (QED) is 0.699. The summed E-state index contributed by atoms with van der Waals surface area (Å²) in [6.45, 7) is 4.32. The van der Waals surface area contributed by atoms with Crippen LogP contribution in [0.2, 0.25) is 5.02 Å². The minimum Gasteiger partial charge on any atom is -0.273 e. The van der Waals surface area contributed by atoms with Crippen LogP contribution >= 0.6 is 11.6 Å². The van der Waals surface area contributed by atoms with Crippen LogP contribution in [0.3, 0.4) is 0 Å². The first-order valence-electron chi connectivity index (χ1n) is 6.36. The third kappa shape index (κ3) is 1.79. The summed E-state index contributed by atoms with van der Waals surface area (Å²) < 4.78 is 0. The Hall–Kier alpha value is -1.15. The number of aliphatic imine (C=N–C) groups is 1. The van der Waals surface area contributed by atoms with Gasteiger partial charge in [-0.3, -0.25) is 4.79 Å². The number of benzene rings is 1. The van der Waals surface area contributed by atoms with Crippen LogP contribution in [0.25, 0.3) is 0 Å². The number of hydrogen-bond donors (Lipinski definition) is 0. The maximum Gasteiger partial charge on any atom is 0.246 e. The molecule has 1 amide bonds. The molecular formula is C15H16ClNO. The van der Waals surface area contributed by atoms with Crippen LogP contribution in [-0.4, -0.2) is 11.6 Å². The van der Waals surface area contributed by atoms with Gasteiger partial charge >= 0.3 is 0 Å². The maximum absolute atomic E-state index is 11.7. The van der Waals surface area contributed by atoms with E-state index in [0.717, 1.165) is 23.6 Å². The molecule has 1 aromatic rings. The second-order valence-electron chi connectivity index (χ2n) is 5.94. The summed E-state index contributed by atoms with van der Waals surface area (Å²) in [6, 6.07) is 6.10. The Balaban J connectivity index is 2.17. The Morgan fingerprint density at radius 2 is 2.11 bits per heavy atom. The average Bonchev–Trinajstić information content (AvgIpc) is 2.26. The molecule has 0 saturated heterocycles. The van der Waals surface area contributed by atoms with Crippen molar-refractivity contribution in [2.24, 2.45) is 10.4 Å². The highest BCUT2D eigenvalue weighted by atomic mass is 35.5. The van der Waals surface area contributed by atoms with Crippen LogP contribution in [0, 0.1) is 5.41 Å². The van der Waals surface area contributed by atoms with E-state index in [2.05, 4.69) is 31.0 Å². The van der Waals surface area contributed by atoms with Gasteiger partial charge in [0.1, 0.15) is 0 Å². The van der Waals surface area contributed by atoms with E-state index < -0.39 is 0 Å². The van der Waals surface area contributed by atoms with Gasteiger partial charge in [0, 0.05) is 23.1 Å². The predicted molar refractivity (Wildman–Crippen MR) is 73.4 cm³/mol. The van der Waals surface area contributed by atoms with Gasteiger partial charge in [-0.25, -0.2) is 4.99 Å². The van der Waals surface area contributed by atoms with E-state index in [0.29, 0.717) is 6.42 Å². The van der Waals surface area contributed by atoms with Gasteiger partial charge in [0.2, 0.25) is 5.91 Å². The van der Waals surface area contributed by atoms with Crippen molar-refractivity contribution in [1.82, 2.24) is 0 Å². The van der Waals surface area contributed by atoms with Gasteiger partial charge in [0.25, 0.3) is 0 Å². The fraction of sp³-hybridized carbons (Fsp3) is 0.467. The molecule has 0 saturated carbocycles. The number of aryl methyl sites for hydroxylation is 1. The Morgan fingerprint density at radius 1 is 1.33 bits per heavy atom. The van der Waals surface area contributed by atoms with Gasteiger partial charge in [-0.05, 0) is 41.5 Å². The molecule has 3 heteroatoms. The highest BCUT2D eigenvalue weighted by Gasteiger charge is 2.42. The zero-order valence-electron chi connectivity index (χ0n) is 10.7. The summed E-state index contributed by atoms with van der Waals surface area (Å²) in [5.74, 6) is 0.305. The molecule has 0 fully saturated rings. The van der Waals surface area contributed by atoms with Crippen molar-refractivity contribution >= 4 is 23.2 Å². The molecule has 0 radical (unpaired) electrons. The van der Waals surface area contributed by atoms with Crippen LogP contribution in [0.1, 0.15) is 43.7 Å². The molecule has 0 N–H and O–H groups in total. The summed E-state index contributed by atoms with van der Waals surface area (Å²) in [4.78, 5) is 16.0. The molecule has 1 aromatic carbocycles. The largest absolute Gasteiger partial charge is 0.273 e. The van der Waals surface area contributed by atoms with Crippen molar-refractivity contribution in [3.05, 3.63) is 34.3 Å². The number of amides is 1. The van der Waals surface area contributed by atoms with Gasteiger partial charge in [0.05, 0.1) is 0 Å². The van der Waals surface area contributed by atoms with E-state index in [-0.39, 0.29) is 17.2 Å². The summed E-state index contributed by atoms with van der Waals surface area (Å²) in [5, 5.41) is 0.791. The monoisotopic (exact) mass is 261 g/mol. The van der Waals surface area contributed by atoms with Crippen LogP contribution < -0.4 is 0 Å². The standard InChI is InChI=1S/C15H16ClNO/c1-15(2)8-13(18)17-12-6-3-9-7-10(16)4-5-11(9)14(12)15/h4-5,7,14H,3,6,8H2,1-2H3. The number of hydrogen-bond acceptors (Lipinski definition) is 1. The summed E-state index contributed by atoms with van der Waals surface area (Å²) in [6.07, 6.45) is 2.35. The van der Waals surface area contributed by atoms with Crippen molar-refractivity contribution in [2.75, 3.05) is 0 Å². The van der Waals surface area contributed by atoms with Gasteiger partial charge in [-0.15, -0.1) is 0 Å². The van der Waals surface area contributed by atoms with E-state index in [1.165, 1.54) is 11.1 Å². The molecule has 1 aliphatic carbocycles. The normalized spacial score (nSPS) is 25.2. The first kappa shape index (κ1) is 11.9. The Morgan fingerprint density at radius 3 is 2.89 bits per heavy atom. The van der Waals surface area contributed by atoms with E-state index in [4.69, 9.17) is 11.6 Å². The summed E-state index contributed by atoms with van der Waals surface area (Å²) >= 11 is 6.06. The molecule has 18 heavy (non-hydrogen) atoms. The molecule has 2 nitrogen and oxygen atoms in total. The average molecular weight is 262 g/mol. The third-order valence-corrected chi connectivity index (χ3v) is 4.29. The molecule has 1 atom stereocenters. The number of halogens is 1. The molecule has 0 spiro atoms. The van der Waals surface area contributed by atoms with Crippen LogP contribution in [0.5, 0.6) is 0 Å². The van der Waals surface area contributed by atoms with E-state index >= 15 is 0 Å². The van der Waals surface area contributed by atoms with E-state index in [1.807, 2.05) is 6.07 Å². The zero-order chi connectivity index (χ0) is 12.9. The van der Waals surface area contributed by atoms with Gasteiger partial charge in [0.15, 0.2) is 0 Å². The van der Waals surface area contributed by atoms with Crippen LogP contribution in [0.4, 0.5) is 0 Å². The van der Waals surface area contributed by atoms with Gasteiger partial charge < -0.3 is 0 Å². The first-order valence-corrected chi connectivity index (χ1v) is 6.74. The Labute approximate surface area is 112 Å². The van der Waals surface area contributed by atoms with Crippen molar-refractivity contribution < 1.29 is 4.79 Å². The lowest BCUT2D eigenvalue weighted by atomic mass is 9.64. The molecule has 1 heterocycles. The Bertz CT molecular complexity index is 560. The lowest BCUT2D eigenvalue weighted by Gasteiger charge is -2.41. The molecule has 1 unspecified atom stereocenters. The molecule has 3 rings (SSSR count). The summed E-state index contributed by atoms with van der Waals surface area (Å²) in [7, 11) is 0. The molecule has 2 aliphatic rings. The fourth-order valence-corrected chi connectivity index (χ4v) is 3.54. The number of fused-ring (bicyclic) bond motifs is 3. The van der Waals surface area contributed by atoms with E-state index in [1.54, 1.807) is 0 Å². The minimum atomic E-state index is -0.0445. The minimum absolute atomic E-state index is 0.0312. The Kier molecular flexibility index (Phi) is 2.60. The van der Waals surface area contributed by atoms with Crippen molar-refractivity contribution in [2.45, 2.75) is 39.0 Å². The van der Waals surface area contributed by atoms with Crippen molar-refractivity contribution in [3.63, 3.8) is 0 Å². The van der Waals surface area contributed by atoms with Crippen molar-refractivity contribution in [3.8, 4) is 0 Å². The second-order valence-corrected chi connectivity index (χ2v) is 6.37. The number of rotatable bonds is 0. The molecule has 0 bridgehead atoms. The molecular weight excluding hydrogens is 246 g/mol. The van der Waals surface area contributed by atoms with Gasteiger partial charge in [-0.2, -0.15) is 0 Å². The lowest BCUT2D eigenvalue weighted by Crippen LogP contribution is -2.38. The molecule has 1 aliphatic heterocycles. The third-order valence-electron chi connectivity index (χ3n) is 4.06. The molecule has 94 valence electrons. The van der Waals surface area contributed by atoms with Crippen LogP contribution in [-0.2, 0) is 11.2 Å². The second kappa shape index (κ2) is 3.92. The smallest absolute Gasteiger partial charge is 0.246 e. The predicted octanol–water partition coefficient (Wildman–Crippen LogP) is 3.77. The zero-order valence-corrected chi connectivity index (χ0v) is 11.4. The lowest BCUT2D eigenvalue weighted by molar-refractivity contribution is -0.120. The summed E-state index contributed by atoms with van der Waals surface area (Å²) in [5.41, 5.74) is 3.64.